The number of hydrogen-bond acceptors (Lipinski definition) is 6. The van der Waals surface area contributed by atoms with Crippen molar-refractivity contribution in [2.75, 3.05) is 39.6 Å². The highest BCUT2D eigenvalue weighted by Crippen LogP contribution is 2.61. The van der Waals surface area contributed by atoms with E-state index in [2.05, 4.69) is 0 Å². The van der Waals surface area contributed by atoms with Gasteiger partial charge in [-0.2, -0.15) is 52.7 Å². The number of hydrogen-bond donors (Lipinski definition) is 0. The molecule has 0 spiro atoms. The molecule has 42 heavy (non-hydrogen) atoms. The fourth-order valence-electron chi connectivity index (χ4n) is 3.79. The fraction of sp³-hybridized carbons (Fsp3) is 1.00. The van der Waals surface area contributed by atoms with Gasteiger partial charge in [0.15, 0.2) is 0 Å². The van der Waals surface area contributed by atoms with Crippen LogP contribution in [0.4, 0.5) is 52.7 Å². The molecule has 0 aromatic heterocycles. The van der Waals surface area contributed by atoms with Crippen molar-refractivity contribution in [3.8, 4) is 0 Å². The summed E-state index contributed by atoms with van der Waals surface area (Å²) in [6.45, 7) is 6.31. The maximum absolute atomic E-state index is 14.5. The van der Waals surface area contributed by atoms with Crippen LogP contribution in [0.1, 0.15) is 54.4 Å². The van der Waals surface area contributed by atoms with Gasteiger partial charge in [0.25, 0.3) is 0 Å². The molecule has 0 fully saturated rings. The third-order valence-corrected chi connectivity index (χ3v) is 11.9. The van der Waals surface area contributed by atoms with Crippen LogP contribution in [0.5, 0.6) is 0 Å². The van der Waals surface area contributed by atoms with Crippen molar-refractivity contribution < 1.29 is 79.2 Å². The van der Waals surface area contributed by atoms with E-state index in [4.69, 9.17) is 26.6 Å². The van der Waals surface area contributed by atoms with Gasteiger partial charge in [-0.25, -0.2) is 0 Å². The van der Waals surface area contributed by atoms with Crippen molar-refractivity contribution in [2.24, 2.45) is 0 Å². The molecule has 0 bridgehead atoms. The molecule has 0 aliphatic rings. The minimum atomic E-state index is -7.68. The van der Waals surface area contributed by atoms with Crippen molar-refractivity contribution in [1.29, 1.82) is 0 Å². The summed E-state index contributed by atoms with van der Waals surface area (Å²) in [5.74, 6) is -42.2. The summed E-state index contributed by atoms with van der Waals surface area (Å²) in [4.78, 5) is 0. The summed E-state index contributed by atoms with van der Waals surface area (Å²) >= 11 is 0. The van der Waals surface area contributed by atoms with Crippen LogP contribution >= 0.6 is 0 Å². The molecule has 0 aliphatic heterocycles. The first-order chi connectivity index (χ1) is 19.0. The van der Waals surface area contributed by atoms with Crippen LogP contribution in [-0.4, -0.2) is 92.8 Å². The van der Waals surface area contributed by atoms with Crippen LogP contribution in [0.15, 0.2) is 0 Å². The van der Waals surface area contributed by atoms with E-state index in [0.29, 0.717) is 0 Å². The van der Waals surface area contributed by atoms with Gasteiger partial charge >= 0.3 is 53.1 Å². The first kappa shape index (κ1) is 41.4. The largest absolute Gasteiger partial charge is 0.501 e. The standard InChI is InChI=1S/C22H38F12O6Si2/c1-7-35-41(36-8-2,37-9-3)15-13-17(23,24)19(27,28)21(31,32)22(33,34)20(29,30)18(25,26)14-16-42(38-10-4,39-11-5)40-12-6/h7-16H2,1-6H3. The molecule has 0 radical (unpaired) electrons. The van der Waals surface area contributed by atoms with E-state index in [9.17, 15) is 52.7 Å². The van der Waals surface area contributed by atoms with Crippen LogP contribution in [-0.2, 0) is 26.6 Å². The SMILES string of the molecule is CCO[Si](CCC(F)(F)C(F)(F)C(F)(F)C(F)(F)C(F)(F)C(F)(F)CC[Si](OCC)(OCC)OCC)(OCC)OCC. The molecule has 0 saturated heterocycles. The van der Waals surface area contributed by atoms with E-state index in [1.807, 2.05) is 0 Å². The van der Waals surface area contributed by atoms with Crippen molar-refractivity contribution >= 4 is 17.6 Å². The van der Waals surface area contributed by atoms with E-state index in [1.165, 1.54) is 41.5 Å². The Balaban J connectivity index is 6.38. The van der Waals surface area contributed by atoms with Gasteiger partial charge in [0.05, 0.1) is 0 Å². The van der Waals surface area contributed by atoms with Gasteiger partial charge in [-0.15, -0.1) is 0 Å². The van der Waals surface area contributed by atoms with Gasteiger partial charge in [-0.1, -0.05) is 0 Å². The first-order valence-corrected chi connectivity index (χ1v) is 17.0. The maximum Gasteiger partial charge on any atom is 0.501 e. The van der Waals surface area contributed by atoms with Crippen LogP contribution in [0.2, 0.25) is 12.1 Å². The Bertz CT molecular complexity index is 710. The second kappa shape index (κ2) is 15.6. The summed E-state index contributed by atoms with van der Waals surface area (Å²) in [6, 6.07) is -2.64. The summed E-state index contributed by atoms with van der Waals surface area (Å²) in [7, 11) is -8.50. The molecule has 0 atom stereocenters. The normalized spacial score (nSPS) is 15.0. The Kier molecular flexibility index (Phi) is 15.3. The lowest BCUT2D eigenvalue weighted by atomic mass is 9.90. The van der Waals surface area contributed by atoms with Gasteiger partial charge in [0.2, 0.25) is 0 Å². The monoisotopic (exact) mass is 682 g/mol. The quantitative estimate of drug-likeness (QED) is 0.0815. The minimum absolute atomic E-state index is 0.274. The maximum atomic E-state index is 14.5. The second-order valence-electron chi connectivity index (χ2n) is 8.67. The highest BCUT2D eigenvalue weighted by molar-refractivity contribution is 6.61. The fourth-order valence-corrected chi connectivity index (χ4v) is 9.04. The molecule has 0 aliphatic carbocycles. The number of rotatable bonds is 23. The van der Waals surface area contributed by atoms with Crippen molar-refractivity contribution in [3.63, 3.8) is 0 Å². The average molecular weight is 683 g/mol. The van der Waals surface area contributed by atoms with Crippen molar-refractivity contribution in [3.05, 3.63) is 0 Å². The lowest BCUT2D eigenvalue weighted by molar-refractivity contribution is -0.425. The molecule has 6 nitrogen and oxygen atoms in total. The molecule has 254 valence electrons. The molecular weight excluding hydrogens is 644 g/mol. The van der Waals surface area contributed by atoms with Gasteiger partial charge in [-0.3, -0.25) is 0 Å². The van der Waals surface area contributed by atoms with Gasteiger partial charge in [0, 0.05) is 64.6 Å². The van der Waals surface area contributed by atoms with Crippen LogP contribution in [0.25, 0.3) is 0 Å². The van der Waals surface area contributed by atoms with E-state index in [1.54, 1.807) is 0 Å². The molecule has 0 aromatic rings. The summed E-state index contributed by atoms with van der Waals surface area (Å²) in [6.07, 6.45) is -4.71. The molecule has 0 amide bonds. The Morgan fingerprint density at radius 1 is 0.357 bits per heavy atom. The smallest absolute Gasteiger partial charge is 0.374 e. The Morgan fingerprint density at radius 3 is 0.714 bits per heavy atom. The van der Waals surface area contributed by atoms with E-state index < -0.39 is 78.1 Å². The molecule has 0 rings (SSSR count). The summed E-state index contributed by atoms with van der Waals surface area (Å²) < 4.78 is 205. The second-order valence-corrected chi connectivity index (χ2v) is 14.1. The van der Waals surface area contributed by atoms with Gasteiger partial charge in [-0.05, 0) is 41.5 Å². The van der Waals surface area contributed by atoms with E-state index in [0.717, 1.165) is 0 Å². The van der Waals surface area contributed by atoms with E-state index in [-0.39, 0.29) is 39.6 Å². The van der Waals surface area contributed by atoms with Crippen LogP contribution in [0.3, 0.4) is 0 Å². The molecule has 20 heteroatoms. The lowest BCUT2D eigenvalue weighted by Crippen LogP contribution is -2.70. The van der Waals surface area contributed by atoms with Crippen LogP contribution in [0, 0.1) is 0 Å². The Labute approximate surface area is 239 Å². The number of alkyl halides is 12. The van der Waals surface area contributed by atoms with Crippen molar-refractivity contribution in [1.82, 2.24) is 0 Å². The van der Waals surface area contributed by atoms with E-state index >= 15 is 0 Å². The zero-order chi connectivity index (χ0) is 33.3. The van der Waals surface area contributed by atoms with Crippen LogP contribution < -0.4 is 0 Å². The third kappa shape index (κ3) is 8.54. The third-order valence-electron chi connectivity index (χ3n) is 5.78. The minimum Gasteiger partial charge on any atom is -0.374 e. The highest BCUT2D eigenvalue weighted by Gasteiger charge is 2.89. The molecule has 0 saturated carbocycles. The Morgan fingerprint density at radius 2 is 0.548 bits per heavy atom. The average Bonchev–Trinajstić information content (AvgIpc) is 2.87. The van der Waals surface area contributed by atoms with Crippen molar-refractivity contribution in [2.45, 2.75) is 102 Å². The summed E-state index contributed by atoms with van der Waals surface area (Å²) in [5.41, 5.74) is 0. The summed E-state index contributed by atoms with van der Waals surface area (Å²) in [5, 5.41) is 0. The number of halogens is 12. The van der Waals surface area contributed by atoms with Gasteiger partial charge in [0.1, 0.15) is 0 Å². The zero-order valence-corrected chi connectivity index (χ0v) is 26.1. The molecule has 0 aromatic carbocycles. The molecular formula is C22H38F12O6Si2. The highest BCUT2D eigenvalue weighted by atomic mass is 28.4. The zero-order valence-electron chi connectivity index (χ0n) is 24.1. The van der Waals surface area contributed by atoms with Gasteiger partial charge < -0.3 is 26.6 Å². The topological polar surface area (TPSA) is 55.4 Å². The predicted molar refractivity (Wildman–Crippen MR) is 130 cm³/mol. The Hall–Kier alpha value is -0.646. The molecule has 0 unspecified atom stereocenters. The predicted octanol–water partition coefficient (Wildman–Crippen LogP) is 7.68. The molecule has 0 heterocycles. The lowest BCUT2D eigenvalue weighted by Gasteiger charge is -2.42. The first-order valence-electron chi connectivity index (χ1n) is 13.1. The molecule has 0 N–H and O–H groups in total.